The number of aromatic nitrogens is 1. The molecule has 0 saturated heterocycles. The van der Waals surface area contributed by atoms with Gasteiger partial charge >= 0.3 is 0 Å². The van der Waals surface area contributed by atoms with E-state index in [1.165, 1.54) is 0 Å². The Kier molecular flexibility index (Phi) is 4.43. The molecule has 0 radical (unpaired) electrons. The minimum atomic E-state index is 0.152. The Hall–Kier alpha value is -0.930. The quantitative estimate of drug-likeness (QED) is 0.710. The van der Waals surface area contributed by atoms with Crippen molar-refractivity contribution in [1.29, 1.82) is 0 Å². The molecule has 1 aromatic heterocycles. The van der Waals surface area contributed by atoms with Crippen LogP contribution in [-0.2, 0) is 0 Å². The minimum Gasteiger partial charge on any atom is -0.396 e. The van der Waals surface area contributed by atoms with Crippen molar-refractivity contribution in [3.05, 3.63) is 30.1 Å². The van der Waals surface area contributed by atoms with E-state index in [4.69, 9.17) is 10.2 Å². The fourth-order valence-electron chi connectivity index (χ4n) is 1.41. The van der Waals surface area contributed by atoms with Gasteiger partial charge < -0.3 is 10.2 Å². The second-order valence-electron chi connectivity index (χ2n) is 3.01. The molecule has 0 amide bonds. The second kappa shape index (κ2) is 5.67. The summed E-state index contributed by atoms with van der Waals surface area (Å²) in [4.78, 5) is 4.01. The average Bonchev–Trinajstić information content (AvgIpc) is 2.19. The van der Waals surface area contributed by atoms with Crippen molar-refractivity contribution in [2.75, 3.05) is 13.2 Å². The summed E-state index contributed by atoms with van der Waals surface area (Å²) in [6, 6.07) is 3.85. The number of hydrogen-bond donors (Lipinski definition) is 2. The van der Waals surface area contributed by atoms with E-state index in [0.717, 1.165) is 5.56 Å². The van der Waals surface area contributed by atoms with Gasteiger partial charge in [0, 0.05) is 25.6 Å². The summed E-state index contributed by atoms with van der Waals surface area (Å²) in [6.07, 6.45) is 4.88. The first-order chi connectivity index (χ1) is 6.38. The van der Waals surface area contributed by atoms with Crippen LogP contribution >= 0.6 is 0 Å². The molecule has 1 heterocycles. The summed E-state index contributed by atoms with van der Waals surface area (Å²) in [6.45, 7) is 0.305. The van der Waals surface area contributed by atoms with E-state index in [0.29, 0.717) is 12.8 Å². The van der Waals surface area contributed by atoms with Crippen LogP contribution in [0.15, 0.2) is 24.5 Å². The third-order valence-corrected chi connectivity index (χ3v) is 2.11. The number of aliphatic hydroxyl groups is 2. The molecule has 3 heteroatoms. The van der Waals surface area contributed by atoms with Gasteiger partial charge in [-0.3, -0.25) is 4.98 Å². The van der Waals surface area contributed by atoms with E-state index < -0.39 is 0 Å². The highest BCUT2D eigenvalue weighted by Gasteiger charge is 2.09. The lowest BCUT2D eigenvalue weighted by Gasteiger charge is -2.13. The Labute approximate surface area is 78.1 Å². The molecule has 0 aromatic carbocycles. The van der Waals surface area contributed by atoms with Gasteiger partial charge in [0.15, 0.2) is 0 Å². The third kappa shape index (κ3) is 3.13. The van der Waals surface area contributed by atoms with Gasteiger partial charge in [0.1, 0.15) is 0 Å². The maximum atomic E-state index is 8.82. The molecule has 0 unspecified atom stereocenters. The molecule has 0 aliphatic heterocycles. The average molecular weight is 181 g/mol. The summed E-state index contributed by atoms with van der Waals surface area (Å²) in [5, 5.41) is 17.6. The Balaban J connectivity index is 2.64. The summed E-state index contributed by atoms with van der Waals surface area (Å²) >= 11 is 0. The number of hydrogen-bond acceptors (Lipinski definition) is 3. The lowest BCUT2D eigenvalue weighted by Crippen LogP contribution is -2.04. The second-order valence-corrected chi connectivity index (χ2v) is 3.01. The van der Waals surface area contributed by atoms with E-state index in [-0.39, 0.29) is 19.1 Å². The summed E-state index contributed by atoms with van der Waals surface area (Å²) < 4.78 is 0. The van der Waals surface area contributed by atoms with Gasteiger partial charge in [-0.15, -0.1) is 0 Å². The van der Waals surface area contributed by atoms with Crippen LogP contribution in [0.25, 0.3) is 0 Å². The van der Waals surface area contributed by atoms with E-state index in [1.807, 2.05) is 12.1 Å². The van der Waals surface area contributed by atoms with Crippen LogP contribution in [0.5, 0.6) is 0 Å². The summed E-state index contributed by atoms with van der Waals surface area (Å²) in [7, 11) is 0. The third-order valence-electron chi connectivity index (χ3n) is 2.11. The highest BCUT2D eigenvalue weighted by molar-refractivity contribution is 5.14. The number of rotatable bonds is 5. The molecule has 0 atom stereocenters. The standard InChI is InChI=1S/C10H15NO2/c12-6-3-9(4-7-13)10-2-1-5-11-8-10/h1-2,5,8-9,12-13H,3-4,6-7H2. The zero-order chi connectivity index (χ0) is 9.52. The van der Waals surface area contributed by atoms with Crippen molar-refractivity contribution in [3.8, 4) is 0 Å². The van der Waals surface area contributed by atoms with Gasteiger partial charge in [-0.2, -0.15) is 0 Å². The number of aliphatic hydroxyl groups excluding tert-OH is 2. The SMILES string of the molecule is OCCC(CCO)c1cccnc1. The first-order valence-electron chi connectivity index (χ1n) is 4.50. The zero-order valence-corrected chi connectivity index (χ0v) is 7.56. The largest absolute Gasteiger partial charge is 0.396 e. The van der Waals surface area contributed by atoms with Gasteiger partial charge in [-0.05, 0) is 30.4 Å². The molecule has 1 rings (SSSR count). The van der Waals surface area contributed by atoms with Crippen molar-refractivity contribution in [1.82, 2.24) is 4.98 Å². The van der Waals surface area contributed by atoms with E-state index >= 15 is 0 Å². The minimum absolute atomic E-state index is 0.152. The van der Waals surface area contributed by atoms with Crippen LogP contribution in [0.4, 0.5) is 0 Å². The van der Waals surface area contributed by atoms with Crippen LogP contribution in [0, 0.1) is 0 Å². The van der Waals surface area contributed by atoms with Gasteiger partial charge in [0.05, 0.1) is 0 Å². The van der Waals surface area contributed by atoms with E-state index in [2.05, 4.69) is 4.98 Å². The molecule has 0 aliphatic carbocycles. The molecule has 2 N–H and O–H groups in total. The van der Waals surface area contributed by atoms with E-state index in [9.17, 15) is 0 Å². The molecule has 0 saturated carbocycles. The highest BCUT2D eigenvalue weighted by atomic mass is 16.3. The fraction of sp³-hybridized carbons (Fsp3) is 0.500. The number of pyridine rings is 1. The Morgan fingerprint density at radius 3 is 2.38 bits per heavy atom. The van der Waals surface area contributed by atoms with Gasteiger partial charge in [0.2, 0.25) is 0 Å². The topological polar surface area (TPSA) is 53.4 Å². The van der Waals surface area contributed by atoms with Crippen LogP contribution in [0.2, 0.25) is 0 Å². The lowest BCUT2D eigenvalue weighted by atomic mass is 9.95. The van der Waals surface area contributed by atoms with Crippen molar-refractivity contribution in [2.45, 2.75) is 18.8 Å². The van der Waals surface area contributed by atoms with E-state index in [1.54, 1.807) is 12.4 Å². The summed E-state index contributed by atoms with van der Waals surface area (Å²) in [5.74, 6) is 0.226. The van der Waals surface area contributed by atoms with Gasteiger partial charge in [0.25, 0.3) is 0 Å². The summed E-state index contributed by atoms with van der Waals surface area (Å²) in [5.41, 5.74) is 1.09. The van der Waals surface area contributed by atoms with Crippen LogP contribution in [0.1, 0.15) is 24.3 Å². The zero-order valence-electron chi connectivity index (χ0n) is 7.56. The van der Waals surface area contributed by atoms with Crippen molar-refractivity contribution >= 4 is 0 Å². The molecule has 1 aromatic rings. The molecular weight excluding hydrogens is 166 g/mol. The van der Waals surface area contributed by atoms with Gasteiger partial charge in [-0.25, -0.2) is 0 Å². The lowest BCUT2D eigenvalue weighted by molar-refractivity contribution is 0.242. The molecule has 72 valence electrons. The van der Waals surface area contributed by atoms with Crippen LogP contribution in [-0.4, -0.2) is 28.4 Å². The molecule has 3 nitrogen and oxygen atoms in total. The molecule has 0 fully saturated rings. The van der Waals surface area contributed by atoms with Crippen molar-refractivity contribution < 1.29 is 10.2 Å². The van der Waals surface area contributed by atoms with Crippen molar-refractivity contribution in [3.63, 3.8) is 0 Å². The Bertz CT molecular complexity index is 220. The van der Waals surface area contributed by atoms with Crippen molar-refractivity contribution in [2.24, 2.45) is 0 Å². The molecule has 13 heavy (non-hydrogen) atoms. The first-order valence-corrected chi connectivity index (χ1v) is 4.50. The molecule has 0 spiro atoms. The predicted octanol–water partition coefficient (Wildman–Crippen LogP) is 0.930. The van der Waals surface area contributed by atoms with Gasteiger partial charge in [-0.1, -0.05) is 6.07 Å². The smallest absolute Gasteiger partial charge is 0.0436 e. The maximum absolute atomic E-state index is 8.82. The molecule has 0 bridgehead atoms. The predicted molar refractivity (Wildman–Crippen MR) is 50.4 cm³/mol. The fourth-order valence-corrected chi connectivity index (χ4v) is 1.41. The van der Waals surface area contributed by atoms with Crippen LogP contribution < -0.4 is 0 Å². The number of nitrogens with zero attached hydrogens (tertiary/aromatic N) is 1. The Morgan fingerprint density at radius 1 is 1.23 bits per heavy atom. The molecular formula is C10H15NO2. The monoisotopic (exact) mass is 181 g/mol. The normalized spacial score (nSPS) is 10.7. The first kappa shape index (κ1) is 10.2. The van der Waals surface area contributed by atoms with Crippen LogP contribution in [0.3, 0.4) is 0 Å². The highest BCUT2D eigenvalue weighted by Crippen LogP contribution is 2.21. The molecule has 0 aliphatic rings. The maximum Gasteiger partial charge on any atom is 0.0436 e. The Morgan fingerprint density at radius 2 is 1.92 bits per heavy atom.